The largest absolute Gasteiger partial charge is 0.353 e. The molecule has 1 heterocycles. The van der Waals surface area contributed by atoms with Crippen molar-refractivity contribution in [1.29, 1.82) is 0 Å². The van der Waals surface area contributed by atoms with E-state index >= 15 is 0 Å². The van der Waals surface area contributed by atoms with Crippen LogP contribution < -0.4 is 5.32 Å². The van der Waals surface area contributed by atoms with Gasteiger partial charge in [-0.25, -0.2) is 0 Å². The van der Waals surface area contributed by atoms with Gasteiger partial charge in [0.05, 0.1) is 5.92 Å². The lowest BCUT2D eigenvalue weighted by atomic mass is 9.79. The quantitative estimate of drug-likeness (QED) is 0.869. The molecule has 2 amide bonds. The van der Waals surface area contributed by atoms with Crippen LogP contribution in [0.4, 0.5) is 0 Å². The summed E-state index contributed by atoms with van der Waals surface area (Å²) in [5.74, 6) is 3.56. The van der Waals surface area contributed by atoms with Crippen molar-refractivity contribution in [2.24, 2.45) is 29.6 Å². The molecule has 4 heteroatoms. The van der Waals surface area contributed by atoms with Gasteiger partial charge in [-0.3, -0.25) is 9.59 Å². The summed E-state index contributed by atoms with van der Waals surface area (Å²) in [7, 11) is 0. The fourth-order valence-electron chi connectivity index (χ4n) is 5.94. The number of likely N-dealkylation sites (tertiary alicyclic amines) is 1. The highest BCUT2D eigenvalue weighted by atomic mass is 16.2. The van der Waals surface area contributed by atoms with Crippen molar-refractivity contribution in [2.45, 2.75) is 64.5 Å². The van der Waals surface area contributed by atoms with E-state index in [4.69, 9.17) is 0 Å². The summed E-state index contributed by atoms with van der Waals surface area (Å²) < 4.78 is 0. The number of fused-ring (bicyclic) bond motifs is 5. The van der Waals surface area contributed by atoms with Crippen LogP contribution >= 0.6 is 0 Å². The minimum Gasteiger partial charge on any atom is -0.353 e. The first-order valence-corrected chi connectivity index (χ1v) is 9.14. The lowest BCUT2D eigenvalue weighted by molar-refractivity contribution is -0.130. The molecule has 6 atom stereocenters. The minimum atomic E-state index is -0.131. The van der Waals surface area contributed by atoms with Gasteiger partial charge in [0.1, 0.15) is 0 Å². The Balaban J connectivity index is 1.37. The zero-order valence-electron chi connectivity index (χ0n) is 13.8. The second kappa shape index (κ2) is 5.24. The van der Waals surface area contributed by atoms with Gasteiger partial charge in [0.2, 0.25) is 11.8 Å². The fourth-order valence-corrected chi connectivity index (χ4v) is 5.94. The first-order valence-electron chi connectivity index (χ1n) is 9.14. The maximum atomic E-state index is 12.6. The van der Waals surface area contributed by atoms with Crippen molar-refractivity contribution in [1.82, 2.24) is 10.2 Å². The molecule has 1 aliphatic heterocycles. The molecule has 1 N–H and O–H groups in total. The van der Waals surface area contributed by atoms with E-state index in [-0.39, 0.29) is 23.8 Å². The normalized spacial score (nSPS) is 43.2. The van der Waals surface area contributed by atoms with Gasteiger partial charge in [-0.05, 0) is 63.2 Å². The smallest absolute Gasteiger partial charge is 0.225 e. The topological polar surface area (TPSA) is 49.4 Å². The predicted octanol–water partition coefficient (Wildman–Crippen LogP) is 2.18. The maximum absolute atomic E-state index is 12.6. The summed E-state index contributed by atoms with van der Waals surface area (Å²) in [6.07, 6.45) is 7.11. The molecule has 0 radical (unpaired) electrons. The highest BCUT2D eigenvalue weighted by Crippen LogP contribution is 2.58. The van der Waals surface area contributed by atoms with Crippen molar-refractivity contribution < 1.29 is 9.59 Å². The predicted molar refractivity (Wildman–Crippen MR) is 83.9 cm³/mol. The molecular formula is C18H28N2O2. The Hall–Kier alpha value is -1.06. The van der Waals surface area contributed by atoms with E-state index in [0.717, 1.165) is 23.7 Å². The van der Waals surface area contributed by atoms with E-state index in [2.05, 4.69) is 5.32 Å². The lowest BCUT2D eigenvalue weighted by Crippen LogP contribution is -2.45. The third-order valence-corrected chi connectivity index (χ3v) is 6.91. The zero-order chi connectivity index (χ0) is 15.4. The lowest BCUT2D eigenvalue weighted by Gasteiger charge is -2.32. The number of carbonyl (C=O) groups is 2. The molecule has 22 heavy (non-hydrogen) atoms. The van der Waals surface area contributed by atoms with Crippen LogP contribution in [0.2, 0.25) is 0 Å². The monoisotopic (exact) mass is 304 g/mol. The van der Waals surface area contributed by atoms with Crippen LogP contribution in [0, 0.1) is 29.6 Å². The minimum absolute atomic E-state index is 0.128. The number of carbonyl (C=O) groups excluding carboxylic acids is 2. The maximum Gasteiger partial charge on any atom is 0.225 e. The third kappa shape index (κ3) is 2.17. The first kappa shape index (κ1) is 14.5. The summed E-state index contributed by atoms with van der Waals surface area (Å²) in [5, 5.41) is 3.33. The molecule has 0 aromatic heterocycles. The Labute approximate surface area is 133 Å². The summed E-state index contributed by atoms with van der Waals surface area (Å²) in [6.45, 7) is 4.65. The van der Waals surface area contributed by atoms with Gasteiger partial charge < -0.3 is 10.2 Å². The Bertz CT molecular complexity index is 489. The van der Waals surface area contributed by atoms with Crippen LogP contribution in [0.1, 0.15) is 52.4 Å². The second-order valence-corrected chi connectivity index (χ2v) is 8.31. The molecule has 1 saturated heterocycles. The van der Waals surface area contributed by atoms with Gasteiger partial charge in [0.15, 0.2) is 0 Å². The molecule has 4 aliphatic rings. The van der Waals surface area contributed by atoms with Crippen LogP contribution in [-0.4, -0.2) is 35.3 Å². The van der Waals surface area contributed by atoms with Gasteiger partial charge in [-0.2, -0.15) is 0 Å². The Morgan fingerprint density at radius 2 is 1.95 bits per heavy atom. The number of hydrogen-bond donors (Lipinski definition) is 1. The standard InChI is InChI=1S/C18H28N2O2/c1-10(2)20-9-12(8-17(20)21)18(22)19-16-7-11-6-15(16)14-5-3-4-13(11)14/h10-16H,3-9H2,1-2H3,(H,19,22)/t11-,12-,13+,14+,15+,16-/m1/s1. The number of nitrogens with one attached hydrogen (secondary N) is 1. The summed E-state index contributed by atoms with van der Waals surface area (Å²) in [6, 6.07) is 0.590. The highest BCUT2D eigenvalue weighted by molar-refractivity contribution is 5.89. The Morgan fingerprint density at radius 3 is 2.68 bits per heavy atom. The van der Waals surface area contributed by atoms with Gasteiger partial charge in [-0.15, -0.1) is 0 Å². The molecule has 0 spiro atoms. The van der Waals surface area contributed by atoms with Gasteiger partial charge in [0.25, 0.3) is 0 Å². The van der Waals surface area contributed by atoms with Gasteiger partial charge in [0, 0.05) is 25.0 Å². The number of nitrogens with zero attached hydrogens (tertiary/aromatic N) is 1. The van der Waals surface area contributed by atoms with Gasteiger partial charge >= 0.3 is 0 Å². The fraction of sp³-hybridized carbons (Fsp3) is 0.889. The van der Waals surface area contributed by atoms with Crippen LogP contribution in [-0.2, 0) is 9.59 Å². The van der Waals surface area contributed by atoms with Crippen LogP contribution in [0.3, 0.4) is 0 Å². The summed E-state index contributed by atoms with van der Waals surface area (Å²) in [4.78, 5) is 26.4. The van der Waals surface area contributed by atoms with Crippen molar-refractivity contribution in [2.75, 3.05) is 6.54 Å². The Morgan fingerprint density at radius 1 is 1.18 bits per heavy atom. The van der Waals surface area contributed by atoms with E-state index in [0.29, 0.717) is 19.0 Å². The number of amides is 2. The Kier molecular flexibility index (Phi) is 3.46. The van der Waals surface area contributed by atoms with Crippen molar-refractivity contribution in [3.63, 3.8) is 0 Å². The molecule has 4 rings (SSSR count). The van der Waals surface area contributed by atoms with Crippen molar-refractivity contribution >= 4 is 11.8 Å². The molecule has 0 aromatic rings. The number of rotatable bonds is 3. The van der Waals surface area contributed by atoms with Crippen LogP contribution in [0.25, 0.3) is 0 Å². The van der Waals surface area contributed by atoms with E-state index in [1.807, 2.05) is 18.7 Å². The third-order valence-electron chi connectivity index (χ3n) is 6.91. The molecule has 122 valence electrons. The first-order chi connectivity index (χ1) is 10.5. The summed E-state index contributed by atoms with van der Waals surface area (Å²) >= 11 is 0. The van der Waals surface area contributed by atoms with Crippen molar-refractivity contribution in [3.8, 4) is 0 Å². The second-order valence-electron chi connectivity index (χ2n) is 8.31. The summed E-state index contributed by atoms with van der Waals surface area (Å²) in [5.41, 5.74) is 0. The average Bonchev–Trinajstić information content (AvgIpc) is 3.17. The molecule has 0 unspecified atom stereocenters. The molecule has 4 nitrogen and oxygen atoms in total. The van der Waals surface area contributed by atoms with Crippen molar-refractivity contribution in [3.05, 3.63) is 0 Å². The molecule has 3 saturated carbocycles. The molecule has 0 aromatic carbocycles. The van der Waals surface area contributed by atoms with Crippen LogP contribution in [0.15, 0.2) is 0 Å². The molecule has 4 fully saturated rings. The average molecular weight is 304 g/mol. The zero-order valence-corrected chi connectivity index (χ0v) is 13.8. The van der Waals surface area contributed by atoms with E-state index in [1.54, 1.807) is 0 Å². The highest BCUT2D eigenvalue weighted by Gasteiger charge is 2.54. The SMILES string of the molecule is CC(C)N1C[C@H](C(=O)N[C@@H]2C[C@H]3C[C@H]2[C@H]2CCC[C@@H]32)CC1=O. The van der Waals surface area contributed by atoms with Crippen LogP contribution in [0.5, 0.6) is 0 Å². The molecule has 2 bridgehead atoms. The van der Waals surface area contributed by atoms with E-state index in [1.165, 1.54) is 32.1 Å². The van der Waals surface area contributed by atoms with E-state index in [9.17, 15) is 9.59 Å². The van der Waals surface area contributed by atoms with Gasteiger partial charge in [-0.1, -0.05) is 6.42 Å². The molecular weight excluding hydrogens is 276 g/mol. The van der Waals surface area contributed by atoms with E-state index < -0.39 is 0 Å². The molecule has 3 aliphatic carbocycles. The number of hydrogen-bond acceptors (Lipinski definition) is 2.